The minimum atomic E-state index is -0.574. The van der Waals surface area contributed by atoms with Crippen LogP contribution in [0.15, 0.2) is 23.0 Å². The van der Waals surface area contributed by atoms with Crippen molar-refractivity contribution >= 4 is 35.4 Å². The molecular formula is C26H34N2O7S. The standard InChI is InChI=1S/C26H34N2O7S/c1-4-11-35-20-10-9-18(13-21(20)32-5-2)14-22-26(31)28(24(36-22)15-25(30)33-6-3)17-23(29)27-16-19-8-7-12-34-19/h9-10,13-15,19H,4-8,11-12,16-17H2,1-3H3,(H,27,29). The Balaban J connectivity index is 1.93. The summed E-state index contributed by atoms with van der Waals surface area (Å²) in [6.07, 6.45) is 5.68. The summed E-state index contributed by atoms with van der Waals surface area (Å²) in [4.78, 5) is 38.0. The van der Waals surface area contributed by atoms with Crippen molar-refractivity contribution in [3.63, 3.8) is 0 Å². The molecule has 1 aliphatic rings. The monoisotopic (exact) mass is 518 g/mol. The minimum absolute atomic E-state index is 0.00795. The second kappa shape index (κ2) is 13.8. The summed E-state index contributed by atoms with van der Waals surface area (Å²) in [6, 6.07) is 5.45. The molecule has 0 radical (unpaired) electrons. The molecule has 1 aromatic heterocycles. The third-order valence-corrected chi connectivity index (χ3v) is 6.40. The van der Waals surface area contributed by atoms with Gasteiger partial charge >= 0.3 is 5.97 Å². The van der Waals surface area contributed by atoms with Gasteiger partial charge in [-0.05, 0) is 56.9 Å². The number of benzene rings is 1. The number of nitrogens with zero attached hydrogens (tertiary/aromatic N) is 1. The van der Waals surface area contributed by atoms with Crippen LogP contribution in [0, 0.1) is 0 Å². The molecule has 0 aliphatic carbocycles. The van der Waals surface area contributed by atoms with Crippen molar-refractivity contribution in [1.82, 2.24) is 9.88 Å². The molecule has 1 saturated heterocycles. The van der Waals surface area contributed by atoms with Gasteiger partial charge in [0.1, 0.15) is 11.2 Å². The lowest BCUT2D eigenvalue weighted by atomic mass is 10.2. The fourth-order valence-electron chi connectivity index (χ4n) is 3.68. The van der Waals surface area contributed by atoms with Gasteiger partial charge < -0.3 is 24.3 Å². The topological polar surface area (TPSA) is 105 Å². The van der Waals surface area contributed by atoms with Crippen molar-refractivity contribution in [2.24, 2.45) is 0 Å². The van der Waals surface area contributed by atoms with Gasteiger partial charge in [-0.2, -0.15) is 0 Å². The predicted molar refractivity (Wildman–Crippen MR) is 138 cm³/mol. The molecule has 0 saturated carbocycles. The maximum Gasteiger partial charge on any atom is 0.333 e. The number of carbonyl (C=O) groups is 2. The summed E-state index contributed by atoms with van der Waals surface area (Å²) in [5, 5.41) is 2.82. The van der Waals surface area contributed by atoms with E-state index in [9.17, 15) is 14.4 Å². The molecule has 1 atom stereocenters. The van der Waals surface area contributed by atoms with E-state index in [1.807, 2.05) is 26.0 Å². The Morgan fingerprint density at radius 1 is 1.19 bits per heavy atom. The van der Waals surface area contributed by atoms with Crippen molar-refractivity contribution in [2.45, 2.75) is 52.7 Å². The van der Waals surface area contributed by atoms with Crippen LogP contribution in [0.3, 0.4) is 0 Å². The molecule has 9 nitrogen and oxygen atoms in total. The van der Waals surface area contributed by atoms with Gasteiger partial charge in [-0.3, -0.25) is 14.2 Å². The number of thiazole rings is 1. The van der Waals surface area contributed by atoms with Crippen LogP contribution in [0.4, 0.5) is 0 Å². The molecule has 2 aromatic rings. The second-order valence-corrected chi connectivity index (χ2v) is 9.23. The summed E-state index contributed by atoms with van der Waals surface area (Å²) >= 11 is 1.12. The maximum absolute atomic E-state index is 13.3. The van der Waals surface area contributed by atoms with E-state index < -0.39 is 5.97 Å². The van der Waals surface area contributed by atoms with Crippen molar-refractivity contribution < 1.29 is 28.5 Å². The molecule has 0 spiro atoms. The Labute approximate surface area is 214 Å². The minimum Gasteiger partial charge on any atom is -0.490 e. The molecule has 10 heteroatoms. The molecule has 0 bridgehead atoms. The molecule has 1 N–H and O–H groups in total. The van der Waals surface area contributed by atoms with Crippen molar-refractivity contribution in [3.8, 4) is 11.5 Å². The van der Waals surface area contributed by atoms with Crippen LogP contribution in [0.25, 0.3) is 12.2 Å². The van der Waals surface area contributed by atoms with Gasteiger partial charge in [-0.1, -0.05) is 13.0 Å². The zero-order chi connectivity index (χ0) is 25.9. The van der Waals surface area contributed by atoms with E-state index in [0.29, 0.717) is 47.1 Å². The highest BCUT2D eigenvalue weighted by molar-refractivity contribution is 7.07. The van der Waals surface area contributed by atoms with Gasteiger partial charge in [0.05, 0.1) is 36.5 Å². The van der Waals surface area contributed by atoms with E-state index in [0.717, 1.165) is 36.2 Å². The van der Waals surface area contributed by atoms with E-state index in [1.165, 1.54) is 10.6 Å². The van der Waals surface area contributed by atoms with Crippen LogP contribution in [0.5, 0.6) is 11.5 Å². The molecule has 36 heavy (non-hydrogen) atoms. The average Bonchev–Trinajstić information content (AvgIpc) is 3.47. The lowest BCUT2D eigenvalue weighted by molar-refractivity contribution is -0.135. The number of esters is 1. The quantitative estimate of drug-likeness (QED) is 0.425. The fourth-order valence-corrected chi connectivity index (χ4v) is 4.71. The first-order chi connectivity index (χ1) is 17.4. The molecule has 1 unspecified atom stereocenters. The second-order valence-electron chi connectivity index (χ2n) is 8.16. The van der Waals surface area contributed by atoms with Crippen LogP contribution in [-0.4, -0.2) is 55.5 Å². The highest BCUT2D eigenvalue weighted by Gasteiger charge is 2.17. The van der Waals surface area contributed by atoms with Crippen LogP contribution in [0.1, 0.15) is 45.6 Å². The maximum atomic E-state index is 13.3. The van der Waals surface area contributed by atoms with Gasteiger partial charge in [0, 0.05) is 13.2 Å². The zero-order valence-electron chi connectivity index (χ0n) is 21.0. The van der Waals surface area contributed by atoms with E-state index in [2.05, 4.69) is 5.32 Å². The number of hydrogen-bond donors (Lipinski definition) is 1. The van der Waals surface area contributed by atoms with Crippen LogP contribution >= 0.6 is 11.3 Å². The Hall–Kier alpha value is -3.11. The number of carbonyl (C=O) groups excluding carboxylic acids is 2. The molecule has 1 amide bonds. The summed E-state index contributed by atoms with van der Waals surface area (Å²) in [7, 11) is 0. The Bertz CT molecular complexity index is 1210. The number of rotatable bonds is 12. The highest BCUT2D eigenvalue weighted by atomic mass is 32.1. The Morgan fingerprint density at radius 3 is 2.72 bits per heavy atom. The van der Waals surface area contributed by atoms with Gasteiger partial charge in [0.15, 0.2) is 11.5 Å². The van der Waals surface area contributed by atoms with Gasteiger partial charge in [-0.15, -0.1) is 11.3 Å². The number of aromatic nitrogens is 1. The lowest BCUT2D eigenvalue weighted by Crippen LogP contribution is -2.40. The van der Waals surface area contributed by atoms with Crippen LogP contribution in [-0.2, 0) is 25.6 Å². The fraction of sp³-hybridized carbons (Fsp3) is 0.500. The van der Waals surface area contributed by atoms with Crippen LogP contribution < -0.4 is 29.5 Å². The zero-order valence-corrected chi connectivity index (χ0v) is 21.9. The molecule has 2 heterocycles. The van der Waals surface area contributed by atoms with E-state index in [1.54, 1.807) is 19.1 Å². The Kier molecular flexibility index (Phi) is 10.6. The number of ether oxygens (including phenoxy) is 4. The highest BCUT2D eigenvalue weighted by Crippen LogP contribution is 2.29. The van der Waals surface area contributed by atoms with Gasteiger partial charge in [0.25, 0.3) is 5.56 Å². The predicted octanol–water partition coefficient (Wildman–Crippen LogP) is 1.56. The third-order valence-electron chi connectivity index (χ3n) is 5.34. The molecule has 196 valence electrons. The van der Waals surface area contributed by atoms with Crippen molar-refractivity contribution in [3.05, 3.63) is 43.3 Å². The van der Waals surface area contributed by atoms with Crippen molar-refractivity contribution in [1.29, 1.82) is 0 Å². The third kappa shape index (κ3) is 7.69. The largest absolute Gasteiger partial charge is 0.490 e. The number of hydrogen-bond acceptors (Lipinski definition) is 8. The molecule has 1 fully saturated rings. The summed E-state index contributed by atoms with van der Waals surface area (Å²) < 4.78 is 24.0. The first kappa shape index (κ1) is 27.5. The first-order valence-corrected chi connectivity index (χ1v) is 13.1. The van der Waals surface area contributed by atoms with Gasteiger partial charge in [-0.25, -0.2) is 4.79 Å². The lowest BCUT2D eigenvalue weighted by Gasteiger charge is -2.11. The van der Waals surface area contributed by atoms with Crippen LogP contribution in [0.2, 0.25) is 0 Å². The van der Waals surface area contributed by atoms with E-state index in [-0.39, 0.29) is 30.7 Å². The average molecular weight is 519 g/mol. The summed E-state index contributed by atoms with van der Waals surface area (Å²) in [5.74, 6) is 0.323. The van der Waals surface area contributed by atoms with E-state index in [4.69, 9.17) is 18.9 Å². The smallest absolute Gasteiger partial charge is 0.333 e. The summed E-state index contributed by atoms with van der Waals surface area (Å²) in [5.41, 5.74) is 0.366. The van der Waals surface area contributed by atoms with E-state index >= 15 is 0 Å². The first-order valence-electron chi connectivity index (χ1n) is 12.3. The molecule has 1 aromatic carbocycles. The SMILES string of the molecule is CCCOc1ccc(C=c2sc(=CC(=O)OCC)n(CC(=O)NCC3CCCO3)c2=O)cc1OCC. The Morgan fingerprint density at radius 2 is 2.03 bits per heavy atom. The summed E-state index contributed by atoms with van der Waals surface area (Å²) in [6.45, 7) is 7.73. The molecule has 1 aliphatic heterocycles. The van der Waals surface area contributed by atoms with Gasteiger partial charge in [0.2, 0.25) is 5.91 Å². The normalized spacial score (nSPS) is 16.2. The molecular weight excluding hydrogens is 484 g/mol. The van der Waals surface area contributed by atoms with Crippen molar-refractivity contribution in [2.75, 3.05) is 33.0 Å². The molecule has 3 rings (SSSR count). The number of nitrogens with one attached hydrogen (secondary N) is 1. The number of amides is 1.